The molecule has 3 aromatic rings. The molecule has 7 heteroatoms. The number of ether oxygens (including phenoxy) is 2. The monoisotopic (exact) mass is 402 g/mol. The highest BCUT2D eigenvalue weighted by Crippen LogP contribution is 2.37. The van der Waals surface area contributed by atoms with E-state index in [9.17, 15) is 0 Å². The summed E-state index contributed by atoms with van der Waals surface area (Å²) in [6, 6.07) is 12.1. The normalized spacial score (nSPS) is 10.5. The van der Waals surface area contributed by atoms with Gasteiger partial charge < -0.3 is 14.8 Å². The Morgan fingerprint density at radius 2 is 2.12 bits per heavy atom. The third-order valence-corrected chi connectivity index (χ3v) is 4.44. The van der Waals surface area contributed by atoms with E-state index in [0.717, 1.165) is 15.6 Å². The highest BCUT2D eigenvalue weighted by molar-refractivity contribution is 9.10. The maximum atomic E-state index is 6.11. The first-order valence-corrected chi connectivity index (χ1v) is 8.59. The summed E-state index contributed by atoms with van der Waals surface area (Å²) >= 11 is 3.59. The summed E-state index contributed by atoms with van der Waals surface area (Å²) in [5.74, 6) is 1.98. The second kappa shape index (κ2) is 8.02. The third-order valence-electron chi connectivity index (χ3n) is 3.70. The summed E-state index contributed by atoms with van der Waals surface area (Å²) in [7, 11) is 1.64. The minimum absolute atomic E-state index is 0.462. The number of nitrogens with one attached hydrogen (secondary N) is 2. The molecule has 6 nitrogen and oxygen atoms in total. The number of anilines is 1. The number of hydrogen-bond donors (Lipinski definition) is 2. The van der Waals surface area contributed by atoms with Crippen LogP contribution in [0.1, 0.15) is 16.7 Å². The fraction of sp³-hybridized carbons (Fsp3) is 0.222. The molecule has 0 radical (unpaired) electrons. The Bertz CT molecular complexity index is 837. The van der Waals surface area contributed by atoms with Crippen LogP contribution in [0.2, 0.25) is 0 Å². The summed E-state index contributed by atoms with van der Waals surface area (Å²) in [5.41, 5.74) is 3.26. The molecule has 25 heavy (non-hydrogen) atoms. The molecule has 0 spiro atoms. The van der Waals surface area contributed by atoms with E-state index in [4.69, 9.17) is 9.47 Å². The lowest BCUT2D eigenvalue weighted by molar-refractivity contribution is 0.281. The van der Waals surface area contributed by atoms with Gasteiger partial charge in [0.1, 0.15) is 12.9 Å². The summed E-state index contributed by atoms with van der Waals surface area (Å²) in [5, 5.41) is 9.80. The van der Waals surface area contributed by atoms with Gasteiger partial charge in [-0.1, -0.05) is 45.8 Å². The summed E-state index contributed by atoms with van der Waals surface area (Å²) in [4.78, 5) is 4.07. The zero-order valence-electron chi connectivity index (χ0n) is 14.0. The van der Waals surface area contributed by atoms with Gasteiger partial charge in [0, 0.05) is 16.6 Å². The number of benzene rings is 2. The molecule has 0 aliphatic carbocycles. The minimum Gasteiger partial charge on any atom is -0.493 e. The van der Waals surface area contributed by atoms with Crippen LogP contribution in [-0.2, 0) is 13.2 Å². The number of H-pyrrole nitrogens is 1. The minimum atomic E-state index is 0.462. The van der Waals surface area contributed by atoms with Gasteiger partial charge in [0.05, 0.1) is 7.11 Å². The molecule has 1 aromatic heterocycles. The molecule has 0 unspecified atom stereocenters. The van der Waals surface area contributed by atoms with Crippen LogP contribution in [0.15, 0.2) is 47.2 Å². The Balaban J connectivity index is 1.83. The molecule has 2 N–H and O–H groups in total. The second-order valence-corrected chi connectivity index (χ2v) is 6.38. The van der Waals surface area contributed by atoms with Gasteiger partial charge in [-0.3, -0.25) is 0 Å². The van der Waals surface area contributed by atoms with Gasteiger partial charge in [0.15, 0.2) is 11.5 Å². The Labute approximate surface area is 154 Å². The van der Waals surface area contributed by atoms with E-state index in [1.54, 1.807) is 7.11 Å². The van der Waals surface area contributed by atoms with Crippen LogP contribution in [0.5, 0.6) is 11.5 Å². The van der Waals surface area contributed by atoms with Gasteiger partial charge in [0.25, 0.3) is 0 Å². The third kappa shape index (κ3) is 4.30. The molecular weight excluding hydrogens is 384 g/mol. The van der Waals surface area contributed by atoms with Gasteiger partial charge in [-0.2, -0.15) is 5.10 Å². The Kier molecular flexibility index (Phi) is 5.55. The van der Waals surface area contributed by atoms with Crippen molar-refractivity contribution in [1.82, 2.24) is 15.2 Å². The van der Waals surface area contributed by atoms with E-state index >= 15 is 0 Å². The predicted molar refractivity (Wildman–Crippen MR) is 99.9 cm³/mol. The number of aryl methyl sites for hydroxylation is 1. The average Bonchev–Trinajstić information content (AvgIpc) is 3.12. The zero-order valence-corrected chi connectivity index (χ0v) is 15.6. The lowest BCUT2D eigenvalue weighted by atomic mass is 10.1. The lowest BCUT2D eigenvalue weighted by Gasteiger charge is -2.17. The first-order chi connectivity index (χ1) is 12.2. The summed E-state index contributed by atoms with van der Waals surface area (Å²) in [6.07, 6.45) is 1.46. The van der Waals surface area contributed by atoms with Gasteiger partial charge >= 0.3 is 0 Å². The largest absolute Gasteiger partial charge is 0.493 e. The number of aromatic amines is 1. The maximum Gasteiger partial charge on any atom is 0.218 e. The average molecular weight is 403 g/mol. The topological polar surface area (TPSA) is 72.1 Å². The van der Waals surface area contributed by atoms with Crippen LogP contribution in [-0.4, -0.2) is 22.3 Å². The highest BCUT2D eigenvalue weighted by atomic mass is 79.9. The number of halogens is 1. The lowest BCUT2D eigenvalue weighted by Crippen LogP contribution is -2.07. The highest BCUT2D eigenvalue weighted by Gasteiger charge is 2.15. The summed E-state index contributed by atoms with van der Waals surface area (Å²) in [6.45, 7) is 3.04. The van der Waals surface area contributed by atoms with E-state index in [2.05, 4.69) is 55.5 Å². The van der Waals surface area contributed by atoms with Crippen molar-refractivity contribution in [3.05, 3.63) is 63.9 Å². The van der Waals surface area contributed by atoms with Crippen molar-refractivity contribution in [2.75, 3.05) is 12.4 Å². The number of nitrogens with zero attached hydrogens (tertiary/aromatic N) is 2. The molecular formula is C18H19BrN4O2. The van der Waals surface area contributed by atoms with E-state index in [1.165, 1.54) is 11.9 Å². The van der Waals surface area contributed by atoms with Gasteiger partial charge in [-0.05, 0) is 24.6 Å². The smallest absolute Gasteiger partial charge is 0.218 e. The van der Waals surface area contributed by atoms with Crippen LogP contribution in [0.3, 0.4) is 0 Å². The molecule has 130 valence electrons. The van der Waals surface area contributed by atoms with Crippen LogP contribution in [0, 0.1) is 6.92 Å². The van der Waals surface area contributed by atoms with Crippen molar-refractivity contribution in [2.45, 2.75) is 20.1 Å². The quantitative estimate of drug-likeness (QED) is 0.622. The van der Waals surface area contributed by atoms with Crippen molar-refractivity contribution >= 4 is 21.9 Å². The Morgan fingerprint density at radius 3 is 2.84 bits per heavy atom. The number of rotatable bonds is 7. The van der Waals surface area contributed by atoms with Gasteiger partial charge in [0.2, 0.25) is 5.95 Å². The molecule has 0 aliphatic heterocycles. The summed E-state index contributed by atoms with van der Waals surface area (Å²) < 4.78 is 12.5. The van der Waals surface area contributed by atoms with Crippen molar-refractivity contribution in [1.29, 1.82) is 0 Å². The van der Waals surface area contributed by atoms with E-state index in [0.29, 0.717) is 30.6 Å². The molecule has 0 saturated carbocycles. The van der Waals surface area contributed by atoms with Crippen LogP contribution >= 0.6 is 15.9 Å². The first kappa shape index (κ1) is 17.3. The first-order valence-electron chi connectivity index (χ1n) is 7.80. The number of aromatic nitrogens is 3. The van der Waals surface area contributed by atoms with E-state index in [1.807, 2.05) is 24.3 Å². The zero-order chi connectivity index (χ0) is 17.6. The molecule has 0 amide bonds. The fourth-order valence-electron chi connectivity index (χ4n) is 2.49. The van der Waals surface area contributed by atoms with Gasteiger partial charge in [-0.15, -0.1) is 0 Å². The SMILES string of the molecule is COc1ccc(Br)c(CNc2ncn[nH]2)c1OCc1cccc(C)c1. The molecule has 2 aromatic carbocycles. The van der Waals surface area contributed by atoms with Crippen LogP contribution in [0.4, 0.5) is 5.95 Å². The van der Waals surface area contributed by atoms with Crippen molar-refractivity contribution in [3.63, 3.8) is 0 Å². The van der Waals surface area contributed by atoms with Crippen molar-refractivity contribution in [2.24, 2.45) is 0 Å². The molecule has 0 saturated heterocycles. The molecule has 3 rings (SSSR count). The number of hydrogen-bond acceptors (Lipinski definition) is 5. The molecule has 0 aliphatic rings. The second-order valence-electron chi connectivity index (χ2n) is 5.52. The standard InChI is InChI=1S/C18H19BrN4O2/c1-12-4-3-5-13(8-12)10-25-17-14(9-20-18-21-11-22-23-18)15(19)6-7-16(17)24-2/h3-8,11H,9-10H2,1-2H3,(H2,20,21,22,23). The van der Waals surface area contributed by atoms with E-state index < -0.39 is 0 Å². The Morgan fingerprint density at radius 1 is 1.24 bits per heavy atom. The van der Waals surface area contributed by atoms with Crippen LogP contribution in [0.25, 0.3) is 0 Å². The molecule has 0 bridgehead atoms. The van der Waals surface area contributed by atoms with Crippen molar-refractivity contribution < 1.29 is 9.47 Å². The number of methoxy groups -OCH3 is 1. The van der Waals surface area contributed by atoms with Crippen molar-refractivity contribution in [3.8, 4) is 11.5 Å². The molecule has 0 atom stereocenters. The van der Waals surface area contributed by atoms with Crippen LogP contribution < -0.4 is 14.8 Å². The predicted octanol–water partition coefficient (Wildman–Crippen LogP) is 4.08. The molecule has 1 heterocycles. The fourth-order valence-corrected chi connectivity index (χ4v) is 2.94. The van der Waals surface area contributed by atoms with Gasteiger partial charge in [-0.25, -0.2) is 10.1 Å². The van der Waals surface area contributed by atoms with E-state index in [-0.39, 0.29) is 0 Å². The molecule has 0 fully saturated rings. The maximum absolute atomic E-state index is 6.11. The Hall–Kier alpha value is -2.54.